The molecule has 140 valence electrons. The smallest absolute Gasteiger partial charge is 0.417 e. The average Bonchev–Trinajstić information content (AvgIpc) is 3.45. The van der Waals surface area contributed by atoms with E-state index in [1.807, 2.05) is 0 Å². The number of rotatable bonds is 15. The molecule has 1 amide bonds. The molecule has 0 aromatic heterocycles. The fraction of sp³-hybridized carbons (Fsp3) is 0.938. The molecule has 0 spiro atoms. The monoisotopic (exact) mass is 363 g/mol. The molecule has 2 heterocycles. The maximum Gasteiger partial charge on any atom is 0.417 e. The molecular formula is C16H29NO6S. The molecule has 0 aromatic rings. The summed E-state index contributed by atoms with van der Waals surface area (Å²) in [6.45, 7) is 4.04. The van der Waals surface area contributed by atoms with Gasteiger partial charge in [0.1, 0.15) is 12.2 Å². The highest BCUT2D eigenvalue weighted by atomic mass is 32.2. The number of carbonyl (C=O) groups excluding carboxylic acids is 1. The van der Waals surface area contributed by atoms with Crippen molar-refractivity contribution in [2.45, 2.75) is 50.4 Å². The second-order valence-electron chi connectivity index (χ2n) is 6.05. The summed E-state index contributed by atoms with van der Waals surface area (Å²) in [6, 6.07) is 0. The first kappa shape index (κ1) is 19.8. The fourth-order valence-electron chi connectivity index (χ4n) is 2.22. The Labute approximate surface area is 148 Å². The molecule has 8 heteroatoms. The molecule has 0 aromatic carbocycles. The van der Waals surface area contributed by atoms with Crippen LogP contribution < -0.4 is 4.72 Å². The number of nitrogens with one attached hydrogen (secondary N) is 1. The van der Waals surface area contributed by atoms with Gasteiger partial charge in [-0.05, 0) is 12.8 Å². The van der Waals surface area contributed by atoms with Gasteiger partial charge in [0.2, 0.25) is 0 Å². The Morgan fingerprint density at radius 1 is 1.17 bits per heavy atom. The first-order chi connectivity index (χ1) is 11.8. The summed E-state index contributed by atoms with van der Waals surface area (Å²) < 4.78 is 29.4. The molecule has 2 aliphatic heterocycles. The van der Waals surface area contributed by atoms with Crippen molar-refractivity contribution < 1.29 is 28.5 Å². The Kier molecular flexibility index (Phi) is 9.82. The summed E-state index contributed by atoms with van der Waals surface area (Å²) in [7, 11) is 0. The van der Waals surface area contributed by atoms with E-state index in [1.165, 1.54) is 11.9 Å². The molecule has 7 nitrogen and oxygen atoms in total. The Balaban J connectivity index is 1.44. The first-order valence-electron chi connectivity index (χ1n) is 8.66. The van der Waals surface area contributed by atoms with Crippen molar-refractivity contribution in [3.05, 3.63) is 0 Å². The molecule has 2 rings (SSSR count). The lowest BCUT2D eigenvalue weighted by molar-refractivity contribution is -0.0288. The van der Waals surface area contributed by atoms with Crippen LogP contribution in [-0.2, 0) is 23.7 Å². The van der Waals surface area contributed by atoms with E-state index in [1.54, 1.807) is 6.26 Å². The summed E-state index contributed by atoms with van der Waals surface area (Å²) in [5, 5.41) is 0. The number of carbonyl (C=O) groups is 1. The van der Waals surface area contributed by atoms with Gasteiger partial charge < -0.3 is 23.7 Å². The van der Waals surface area contributed by atoms with Crippen LogP contribution in [0.2, 0.25) is 0 Å². The van der Waals surface area contributed by atoms with Crippen molar-refractivity contribution in [2.75, 3.05) is 45.9 Å². The molecule has 0 radical (unpaired) electrons. The van der Waals surface area contributed by atoms with Crippen LogP contribution in [0.15, 0.2) is 0 Å². The summed E-state index contributed by atoms with van der Waals surface area (Å²) in [5.74, 6) is 0. The van der Waals surface area contributed by atoms with Gasteiger partial charge in [-0.25, -0.2) is 4.79 Å². The highest BCUT2D eigenvalue weighted by Crippen LogP contribution is 2.15. The number of hydrogen-bond acceptors (Lipinski definition) is 7. The number of hydrogen-bond donors (Lipinski definition) is 1. The van der Waals surface area contributed by atoms with Crippen molar-refractivity contribution >= 4 is 18.0 Å². The van der Waals surface area contributed by atoms with Gasteiger partial charge in [0.05, 0.1) is 45.7 Å². The van der Waals surface area contributed by atoms with E-state index < -0.39 is 0 Å². The van der Waals surface area contributed by atoms with E-state index in [9.17, 15) is 4.79 Å². The lowest BCUT2D eigenvalue weighted by Crippen LogP contribution is -2.23. The topological polar surface area (TPSA) is 81.9 Å². The van der Waals surface area contributed by atoms with Gasteiger partial charge in [0.25, 0.3) is 0 Å². The summed E-state index contributed by atoms with van der Waals surface area (Å²) in [5.41, 5.74) is 0. The van der Waals surface area contributed by atoms with Crippen LogP contribution in [0.4, 0.5) is 4.79 Å². The number of unbranched alkanes of at least 4 members (excludes halogenated alkanes) is 3. The third kappa shape index (κ3) is 10.4. The predicted octanol–water partition coefficient (Wildman–Crippen LogP) is 2.14. The summed E-state index contributed by atoms with van der Waals surface area (Å²) >= 11 is 1.24. The van der Waals surface area contributed by atoms with Gasteiger partial charge in [-0.2, -0.15) is 0 Å². The quantitative estimate of drug-likeness (QED) is 0.271. The molecule has 3 atom stereocenters. The molecule has 0 saturated carbocycles. The Bertz CT molecular complexity index is 351. The maximum atomic E-state index is 11.1. The average molecular weight is 363 g/mol. The van der Waals surface area contributed by atoms with Gasteiger partial charge in [-0.15, -0.1) is 0 Å². The standard InChI is InChI=1S/C16H29NO6S/c1-24-17-16(18)20-7-5-3-2-4-6-13(21-11-15-12-23-15)8-19-9-14-10-22-14/h13-15H,2-12H2,1H3,(H,17,18). The zero-order valence-corrected chi connectivity index (χ0v) is 15.2. The molecule has 2 aliphatic rings. The van der Waals surface area contributed by atoms with Crippen LogP contribution in [-0.4, -0.2) is 70.3 Å². The van der Waals surface area contributed by atoms with Crippen LogP contribution >= 0.6 is 11.9 Å². The molecule has 2 fully saturated rings. The van der Waals surface area contributed by atoms with Crippen LogP contribution in [0.3, 0.4) is 0 Å². The number of epoxide rings is 2. The number of amides is 1. The molecular weight excluding hydrogens is 334 g/mol. The van der Waals surface area contributed by atoms with Gasteiger partial charge >= 0.3 is 6.09 Å². The summed E-state index contributed by atoms with van der Waals surface area (Å²) in [4.78, 5) is 11.1. The zero-order chi connectivity index (χ0) is 17.0. The highest BCUT2D eigenvalue weighted by Gasteiger charge is 2.25. The highest BCUT2D eigenvalue weighted by molar-refractivity contribution is 7.97. The molecule has 2 saturated heterocycles. The molecule has 0 aliphatic carbocycles. The van der Waals surface area contributed by atoms with E-state index in [0.717, 1.165) is 45.3 Å². The Hall–Kier alpha value is -0.540. The van der Waals surface area contributed by atoms with Gasteiger partial charge in [-0.1, -0.05) is 31.2 Å². The second kappa shape index (κ2) is 11.9. The first-order valence-corrected chi connectivity index (χ1v) is 9.88. The Morgan fingerprint density at radius 2 is 1.88 bits per heavy atom. The minimum absolute atomic E-state index is 0.122. The van der Waals surface area contributed by atoms with Crippen molar-refractivity contribution in [2.24, 2.45) is 0 Å². The minimum atomic E-state index is -0.366. The van der Waals surface area contributed by atoms with Gasteiger partial charge in [-0.3, -0.25) is 4.72 Å². The maximum absolute atomic E-state index is 11.1. The van der Waals surface area contributed by atoms with E-state index in [-0.39, 0.29) is 18.3 Å². The van der Waals surface area contributed by atoms with Gasteiger partial charge in [0.15, 0.2) is 0 Å². The van der Waals surface area contributed by atoms with E-state index in [4.69, 9.17) is 23.7 Å². The van der Waals surface area contributed by atoms with E-state index in [0.29, 0.717) is 32.5 Å². The van der Waals surface area contributed by atoms with Crippen LogP contribution in [0.5, 0.6) is 0 Å². The minimum Gasteiger partial charge on any atom is -0.449 e. The lowest BCUT2D eigenvalue weighted by atomic mass is 10.1. The van der Waals surface area contributed by atoms with Gasteiger partial charge in [0, 0.05) is 6.26 Å². The van der Waals surface area contributed by atoms with Crippen LogP contribution in [0.25, 0.3) is 0 Å². The molecule has 24 heavy (non-hydrogen) atoms. The van der Waals surface area contributed by atoms with Crippen molar-refractivity contribution in [3.8, 4) is 0 Å². The normalized spacial score (nSPS) is 22.9. The number of ether oxygens (including phenoxy) is 5. The van der Waals surface area contributed by atoms with Crippen molar-refractivity contribution in [3.63, 3.8) is 0 Å². The predicted molar refractivity (Wildman–Crippen MR) is 91.1 cm³/mol. The third-order valence-corrected chi connectivity index (χ3v) is 4.14. The SMILES string of the molecule is CSNC(=O)OCCCCCCC(COCC1CO1)OCC1CO1. The van der Waals surface area contributed by atoms with E-state index >= 15 is 0 Å². The van der Waals surface area contributed by atoms with Crippen LogP contribution in [0, 0.1) is 0 Å². The van der Waals surface area contributed by atoms with Crippen LogP contribution in [0.1, 0.15) is 32.1 Å². The van der Waals surface area contributed by atoms with Crippen molar-refractivity contribution in [1.82, 2.24) is 4.72 Å². The molecule has 3 unspecified atom stereocenters. The third-order valence-electron chi connectivity index (χ3n) is 3.77. The lowest BCUT2D eigenvalue weighted by Gasteiger charge is -2.17. The second-order valence-corrected chi connectivity index (χ2v) is 6.66. The fourth-order valence-corrected chi connectivity index (χ4v) is 2.45. The van der Waals surface area contributed by atoms with Crippen molar-refractivity contribution in [1.29, 1.82) is 0 Å². The molecule has 1 N–H and O–H groups in total. The van der Waals surface area contributed by atoms with E-state index in [2.05, 4.69) is 4.72 Å². The zero-order valence-electron chi connectivity index (χ0n) is 14.4. The Morgan fingerprint density at radius 3 is 2.58 bits per heavy atom. The largest absolute Gasteiger partial charge is 0.449 e. The molecule has 0 bridgehead atoms. The summed E-state index contributed by atoms with van der Waals surface area (Å²) in [6.07, 6.45) is 7.20.